The van der Waals surface area contributed by atoms with E-state index in [1.54, 1.807) is 6.08 Å². The van der Waals surface area contributed by atoms with Crippen LogP contribution >= 0.6 is 0 Å². The molecule has 0 aliphatic rings. The Bertz CT molecular complexity index is 1160. The first-order valence-corrected chi connectivity index (χ1v) is 32.7. The maximum absolute atomic E-state index is 12.5. The lowest BCUT2D eigenvalue weighted by molar-refractivity contribution is -0.143. The molecule has 0 saturated carbocycles. The van der Waals surface area contributed by atoms with Crippen molar-refractivity contribution in [1.82, 2.24) is 5.32 Å². The molecule has 0 aliphatic heterocycles. The molecular weight excluding hydrogens is 903 g/mol. The minimum Gasteiger partial charge on any atom is -0.466 e. The van der Waals surface area contributed by atoms with Crippen LogP contribution in [0.2, 0.25) is 0 Å². The summed E-state index contributed by atoms with van der Waals surface area (Å²) >= 11 is 0. The van der Waals surface area contributed by atoms with Crippen LogP contribution in [-0.4, -0.2) is 58.7 Å². The highest BCUT2D eigenvalue weighted by Gasteiger charge is 2.18. The second-order valence-corrected chi connectivity index (χ2v) is 22.6. The molecule has 0 saturated heterocycles. The van der Waals surface area contributed by atoms with E-state index in [1.165, 1.54) is 276 Å². The molecule has 3 unspecified atom stereocenters. The number of aliphatic hydroxyl groups is 3. The molecule has 7 nitrogen and oxygen atoms in total. The van der Waals surface area contributed by atoms with E-state index in [9.17, 15) is 24.9 Å². The molecule has 3 atom stereocenters. The Hall–Kier alpha value is -1.70. The largest absolute Gasteiger partial charge is 0.466 e. The third-order valence-corrected chi connectivity index (χ3v) is 15.3. The lowest BCUT2D eigenvalue weighted by atomic mass is 10.0. The van der Waals surface area contributed by atoms with E-state index in [-0.39, 0.29) is 18.5 Å². The van der Waals surface area contributed by atoms with Gasteiger partial charge >= 0.3 is 5.97 Å². The van der Waals surface area contributed by atoms with Gasteiger partial charge in [0.1, 0.15) is 0 Å². The zero-order chi connectivity index (χ0) is 53.0. The minimum atomic E-state index is -1.02. The SMILES string of the molecule is CCCCCCCC/C=C\CCCCCCCC(=O)OCCCCCCCCCCCCCCCCCCCCCCCCCCCCCC(=O)NC(CO)C(O)/C=C/C(O)CCCCCCCCCCCC. The number of aliphatic hydroxyl groups excluding tert-OH is 3. The molecule has 4 N–H and O–H groups in total. The second kappa shape index (κ2) is 61.2. The lowest BCUT2D eigenvalue weighted by Gasteiger charge is -2.20. The summed E-state index contributed by atoms with van der Waals surface area (Å²) in [6.45, 7) is 4.80. The molecule has 0 fully saturated rings. The predicted octanol–water partition coefficient (Wildman–Crippen LogP) is 19.6. The van der Waals surface area contributed by atoms with E-state index in [2.05, 4.69) is 31.3 Å². The van der Waals surface area contributed by atoms with Crippen LogP contribution in [0.15, 0.2) is 24.3 Å². The van der Waals surface area contributed by atoms with Gasteiger partial charge in [-0.05, 0) is 51.4 Å². The van der Waals surface area contributed by atoms with E-state index in [0.717, 1.165) is 51.4 Å². The number of rotatable bonds is 61. The number of amides is 1. The van der Waals surface area contributed by atoms with Crippen molar-refractivity contribution in [3.8, 4) is 0 Å². The highest BCUT2D eigenvalue weighted by molar-refractivity contribution is 5.76. The monoisotopic (exact) mass is 1030 g/mol. The normalized spacial score (nSPS) is 13.1. The first kappa shape index (κ1) is 71.3. The van der Waals surface area contributed by atoms with Crippen molar-refractivity contribution < 1.29 is 29.6 Å². The Morgan fingerprint density at radius 2 is 0.712 bits per heavy atom. The average molecular weight is 1030 g/mol. The lowest BCUT2D eigenvalue weighted by Crippen LogP contribution is -2.45. The molecule has 0 spiro atoms. The number of carbonyl (C=O) groups excluding carboxylic acids is 2. The number of carbonyl (C=O) groups is 2. The summed E-state index contributed by atoms with van der Waals surface area (Å²) in [5, 5.41) is 33.3. The fraction of sp³-hybridized carbons (Fsp3) is 0.909. The van der Waals surface area contributed by atoms with E-state index >= 15 is 0 Å². The number of unbranched alkanes of at least 4 members (excludes halogenated alkanes) is 46. The van der Waals surface area contributed by atoms with E-state index < -0.39 is 18.2 Å². The van der Waals surface area contributed by atoms with Gasteiger partial charge in [-0.25, -0.2) is 0 Å². The van der Waals surface area contributed by atoms with E-state index in [1.807, 2.05) is 0 Å². The van der Waals surface area contributed by atoms with Gasteiger partial charge < -0.3 is 25.4 Å². The van der Waals surface area contributed by atoms with Crippen molar-refractivity contribution in [2.75, 3.05) is 13.2 Å². The van der Waals surface area contributed by atoms with Crippen LogP contribution in [0.5, 0.6) is 0 Å². The highest BCUT2D eigenvalue weighted by atomic mass is 16.5. The number of allylic oxidation sites excluding steroid dienone is 2. The molecule has 7 heteroatoms. The van der Waals surface area contributed by atoms with Gasteiger partial charge in [0.2, 0.25) is 5.91 Å². The molecule has 0 rings (SSSR count). The molecule has 0 heterocycles. The molecule has 73 heavy (non-hydrogen) atoms. The fourth-order valence-electron chi connectivity index (χ4n) is 10.2. The van der Waals surface area contributed by atoms with Crippen LogP contribution < -0.4 is 5.32 Å². The number of hydrogen-bond donors (Lipinski definition) is 4. The Labute approximate surface area is 454 Å². The summed E-state index contributed by atoms with van der Waals surface area (Å²) in [7, 11) is 0. The average Bonchev–Trinajstić information content (AvgIpc) is 3.39. The van der Waals surface area contributed by atoms with Crippen LogP contribution in [0.3, 0.4) is 0 Å². The summed E-state index contributed by atoms with van der Waals surface area (Å²) in [5.74, 6) is -0.121. The van der Waals surface area contributed by atoms with Crippen LogP contribution in [0.25, 0.3) is 0 Å². The Morgan fingerprint density at radius 3 is 1.08 bits per heavy atom. The highest BCUT2D eigenvalue weighted by Crippen LogP contribution is 2.18. The molecule has 0 aliphatic carbocycles. The van der Waals surface area contributed by atoms with Crippen molar-refractivity contribution in [2.24, 2.45) is 0 Å². The number of ether oxygens (including phenoxy) is 1. The fourth-order valence-corrected chi connectivity index (χ4v) is 10.2. The molecule has 0 aromatic rings. The van der Waals surface area contributed by atoms with Gasteiger partial charge in [0.05, 0.1) is 31.5 Å². The molecule has 0 bridgehead atoms. The van der Waals surface area contributed by atoms with Gasteiger partial charge in [0, 0.05) is 12.8 Å². The molecule has 1 amide bonds. The Balaban J connectivity index is 3.39. The van der Waals surface area contributed by atoms with E-state index in [0.29, 0.717) is 25.9 Å². The molecule has 0 aromatic carbocycles. The van der Waals surface area contributed by atoms with Crippen molar-refractivity contribution in [1.29, 1.82) is 0 Å². The van der Waals surface area contributed by atoms with Crippen molar-refractivity contribution in [2.45, 2.75) is 372 Å². The van der Waals surface area contributed by atoms with Crippen LogP contribution in [0, 0.1) is 0 Å². The third kappa shape index (κ3) is 57.8. The third-order valence-electron chi connectivity index (χ3n) is 15.3. The standard InChI is InChI=1S/C66H127NO6/c1-3-5-7-9-11-13-15-16-30-34-37-41-45-49-53-57-66(72)73-60-54-50-46-42-38-35-32-29-27-25-23-21-19-17-18-20-22-24-26-28-31-33-36-40-44-48-52-56-65(71)67-63(61-68)64(70)59-58-62(69)55-51-47-43-39-14-12-10-8-6-4-2/h16,30,58-59,62-64,68-70H,3-15,17-29,31-57,60-61H2,1-2H3,(H,67,71)/b30-16-,59-58+. The molecule has 0 radical (unpaired) electrons. The Kier molecular flexibility index (Phi) is 59.7. The molecule has 0 aromatic heterocycles. The van der Waals surface area contributed by atoms with Crippen LogP contribution in [0.1, 0.15) is 354 Å². The van der Waals surface area contributed by atoms with Gasteiger partial charge in [-0.2, -0.15) is 0 Å². The number of nitrogens with one attached hydrogen (secondary N) is 1. The van der Waals surface area contributed by atoms with Gasteiger partial charge in [-0.15, -0.1) is 0 Å². The Morgan fingerprint density at radius 1 is 0.397 bits per heavy atom. The first-order chi connectivity index (χ1) is 35.9. The summed E-state index contributed by atoms with van der Waals surface area (Å²) in [4.78, 5) is 24.5. The topological polar surface area (TPSA) is 116 Å². The van der Waals surface area contributed by atoms with Gasteiger partial charge in [0.15, 0.2) is 0 Å². The zero-order valence-electron chi connectivity index (χ0n) is 49.0. The second-order valence-electron chi connectivity index (χ2n) is 22.6. The number of esters is 1. The van der Waals surface area contributed by atoms with Crippen molar-refractivity contribution >= 4 is 11.9 Å². The molecule has 432 valence electrons. The predicted molar refractivity (Wildman–Crippen MR) is 316 cm³/mol. The van der Waals surface area contributed by atoms with Gasteiger partial charge in [0.25, 0.3) is 0 Å². The minimum absolute atomic E-state index is 0.00735. The van der Waals surface area contributed by atoms with E-state index in [4.69, 9.17) is 4.74 Å². The summed E-state index contributed by atoms with van der Waals surface area (Å²) in [6, 6.07) is -0.747. The van der Waals surface area contributed by atoms with Gasteiger partial charge in [-0.1, -0.05) is 314 Å². The van der Waals surface area contributed by atoms with Crippen LogP contribution in [-0.2, 0) is 14.3 Å². The van der Waals surface area contributed by atoms with Crippen molar-refractivity contribution in [3.05, 3.63) is 24.3 Å². The maximum Gasteiger partial charge on any atom is 0.305 e. The zero-order valence-corrected chi connectivity index (χ0v) is 49.0. The summed E-state index contributed by atoms with van der Waals surface area (Å²) in [6.07, 6.45) is 72.5. The summed E-state index contributed by atoms with van der Waals surface area (Å²) in [5.41, 5.74) is 0. The quantitative estimate of drug-likeness (QED) is 0.0274. The molecular formula is C66H127NO6. The van der Waals surface area contributed by atoms with Crippen molar-refractivity contribution in [3.63, 3.8) is 0 Å². The maximum atomic E-state index is 12.5. The number of hydrogen-bond acceptors (Lipinski definition) is 6. The van der Waals surface area contributed by atoms with Crippen LogP contribution in [0.4, 0.5) is 0 Å². The first-order valence-electron chi connectivity index (χ1n) is 32.7. The summed E-state index contributed by atoms with van der Waals surface area (Å²) < 4.78 is 5.49. The smallest absolute Gasteiger partial charge is 0.305 e. The van der Waals surface area contributed by atoms with Gasteiger partial charge in [-0.3, -0.25) is 9.59 Å².